The van der Waals surface area contributed by atoms with Crippen molar-refractivity contribution >= 4 is 18.0 Å². The minimum absolute atomic E-state index is 0.295. The summed E-state index contributed by atoms with van der Waals surface area (Å²) in [6, 6.07) is 14.3. The first-order valence-electron chi connectivity index (χ1n) is 7.96. The minimum atomic E-state index is -0.856. The van der Waals surface area contributed by atoms with Crippen LogP contribution in [-0.4, -0.2) is 32.2 Å². The molecule has 2 aromatic rings. The molecule has 0 bridgehead atoms. The number of methoxy groups -OCH3 is 2. The lowest BCUT2D eigenvalue weighted by atomic mass is 10.1. The summed E-state index contributed by atoms with van der Waals surface area (Å²) >= 11 is 0. The molecule has 0 radical (unpaired) electrons. The molecule has 26 heavy (non-hydrogen) atoms. The van der Waals surface area contributed by atoms with Crippen molar-refractivity contribution < 1.29 is 19.1 Å². The maximum absolute atomic E-state index is 12.0. The zero-order chi connectivity index (χ0) is 18.9. The molecular formula is C19H21N3O4. The van der Waals surface area contributed by atoms with Crippen molar-refractivity contribution in [2.45, 2.75) is 13.0 Å². The van der Waals surface area contributed by atoms with Crippen molar-refractivity contribution in [3.8, 4) is 11.5 Å². The second-order valence-corrected chi connectivity index (χ2v) is 5.39. The molecule has 0 saturated carbocycles. The Morgan fingerprint density at radius 1 is 1.00 bits per heavy atom. The van der Waals surface area contributed by atoms with Gasteiger partial charge in [-0.2, -0.15) is 5.10 Å². The monoisotopic (exact) mass is 355 g/mol. The predicted molar refractivity (Wildman–Crippen MR) is 98.3 cm³/mol. The van der Waals surface area contributed by atoms with Gasteiger partial charge in [-0.1, -0.05) is 36.4 Å². The summed E-state index contributed by atoms with van der Waals surface area (Å²) in [5.74, 6) is -0.602. The third kappa shape index (κ3) is 4.83. The number of carbonyl (C=O) groups is 2. The van der Waals surface area contributed by atoms with Crippen LogP contribution in [0.5, 0.6) is 11.5 Å². The number of hydrazone groups is 1. The summed E-state index contributed by atoms with van der Waals surface area (Å²) in [6.45, 7) is 1.80. The fourth-order valence-corrected chi connectivity index (χ4v) is 2.31. The number of hydrogen-bond acceptors (Lipinski definition) is 5. The van der Waals surface area contributed by atoms with E-state index in [1.807, 2.05) is 30.3 Å². The van der Waals surface area contributed by atoms with Crippen LogP contribution < -0.4 is 20.2 Å². The van der Waals surface area contributed by atoms with Gasteiger partial charge in [0.05, 0.1) is 26.5 Å². The third-order valence-electron chi connectivity index (χ3n) is 3.66. The van der Waals surface area contributed by atoms with Gasteiger partial charge in [-0.15, -0.1) is 0 Å². The van der Waals surface area contributed by atoms with Crippen molar-refractivity contribution in [3.63, 3.8) is 0 Å². The van der Waals surface area contributed by atoms with Gasteiger partial charge in [0.25, 0.3) is 0 Å². The van der Waals surface area contributed by atoms with Gasteiger partial charge in [0.15, 0.2) is 11.5 Å². The normalized spacial score (nSPS) is 11.7. The summed E-state index contributed by atoms with van der Waals surface area (Å²) in [4.78, 5) is 23.8. The second kappa shape index (κ2) is 9.22. The minimum Gasteiger partial charge on any atom is -0.493 e. The molecule has 0 aliphatic carbocycles. The van der Waals surface area contributed by atoms with Crippen LogP contribution in [0.15, 0.2) is 53.6 Å². The molecule has 2 N–H and O–H groups in total. The van der Waals surface area contributed by atoms with Crippen LogP contribution in [-0.2, 0) is 9.59 Å². The van der Waals surface area contributed by atoms with Gasteiger partial charge in [-0.25, -0.2) is 5.43 Å². The number of nitrogens with zero attached hydrogens (tertiary/aromatic N) is 1. The number of nitrogens with one attached hydrogen (secondary N) is 2. The van der Waals surface area contributed by atoms with Crippen molar-refractivity contribution in [3.05, 3.63) is 59.7 Å². The van der Waals surface area contributed by atoms with Gasteiger partial charge >= 0.3 is 11.8 Å². The van der Waals surface area contributed by atoms with Crippen LogP contribution in [0, 0.1) is 0 Å². The highest BCUT2D eigenvalue weighted by atomic mass is 16.5. The Labute approximate surface area is 152 Å². The van der Waals surface area contributed by atoms with Crippen molar-refractivity contribution in [1.29, 1.82) is 0 Å². The smallest absolute Gasteiger partial charge is 0.329 e. The Kier molecular flexibility index (Phi) is 6.73. The molecule has 0 aliphatic rings. The van der Waals surface area contributed by atoms with Gasteiger partial charge in [-0.3, -0.25) is 9.59 Å². The lowest BCUT2D eigenvalue weighted by molar-refractivity contribution is -0.139. The number of rotatable bonds is 6. The summed E-state index contributed by atoms with van der Waals surface area (Å²) in [5.41, 5.74) is 3.70. The van der Waals surface area contributed by atoms with Crippen molar-refractivity contribution in [1.82, 2.24) is 10.7 Å². The van der Waals surface area contributed by atoms with Crippen molar-refractivity contribution in [2.75, 3.05) is 14.2 Å². The zero-order valence-electron chi connectivity index (χ0n) is 14.9. The van der Waals surface area contributed by atoms with Gasteiger partial charge < -0.3 is 14.8 Å². The lowest BCUT2D eigenvalue weighted by Crippen LogP contribution is -2.39. The molecular weight excluding hydrogens is 334 g/mol. The standard InChI is InChI=1S/C19H21N3O4/c1-13(14-8-5-4-6-9-14)21-18(23)19(24)22-20-12-15-10-7-11-16(25-2)17(15)26-3/h4-13H,1-3H3,(H,21,23)(H,22,24)/b20-12-. The van der Waals surface area contributed by atoms with Crippen LogP contribution >= 0.6 is 0 Å². The van der Waals surface area contributed by atoms with E-state index in [2.05, 4.69) is 15.8 Å². The molecule has 0 fully saturated rings. The van der Waals surface area contributed by atoms with Crippen LogP contribution in [0.4, 0.5) is 0 Å². The first-order chi connectivity index (χ1) is 12.6. The first kappa shape index (κ1) is 19.0. The zero-order valence-corrected chi connectivity index (χ0v) is 14.9. The van der Waals surface area contributed by atoms with E-state index < -0.39 is 11.8 Å². The molecule has 7 heteroatoms. The third-order valence-corrected chi connectivity index (χ3v) is 3.66. The molecule has 2 amide bonds. The Balaban J connectivity index is 1.96. The highest BCUT2D eigenvalue weighted by molar-refractivity contribution is 6.35. The maximum Gasteiger partial charge on any atom is 0.329 e. The molecule has 0 saturated heterocycles. The van der Waals surface area contributed by atoms with Gasteiger partial charge in [-0.05, 0) is 24.6 Å². The van der Waals surface area contributed by atoms with Crippen LogP contribution in [0.2, 0.25) is 0 Å². The second-order valence-electron chi connectivity index (χ2n) is 5.39. The molecule has 0 heterocycles. The molecule has 0 aromatic heterocycles. The number of carbonyl (C=O) groups excluding carboxylic acids is 2. The number of ether oxygens (including phenoxy) is 2. The number of hydrogen-bond donors (Lipinski definition) is 2. The number of benzene rings is 2. The molecule has 7 nitrogen and oxygen atoms in total. The number of amides is 2. The van der Waals surface area contributed by atoms with Gasteiger partial charge in [0.2, 0.25) is 0 Å². The first-order valence-corrected chi connectivity index (χ1v) is 7.96. The van der Waals surface area contributed by atoms with E-state index in [0.717, 1.165) is 5.56 Å². The van der Waals surface area contributed by atoms with E-state index >= 15 is 0 Å². The largest absolute Gasteiger partial charge is 0.493 e. The predicted octanol–water partition coefficient (Wildman–Crippen LogP) is 2.03. The van der Waals surface area contributed by atoms with Crippen LogP contribution in [0.25, 0.3) is 0 Å². The Bertz CT molecular complexity index is 791. The van der Waals surface area contributed by atoms with Crippen LogP contribution in [0.1, 0.15) is 24.1 Å². The molecule has 136 valence electrons. The average molecular weight is 355 g/mol. The maximum atomic E-state index is 12.0. The van der Waals surface area contributed by atoms with Gasteiger partial charge in [0.1, 0.15) is 0 Å². The SMILES string of the molecule is COc1cccc(/C=N\NC(=O)C(=O)NC(C)c2ccccc2)c1OC. The Morgan fingerprint density at radius 3 is 2.38 bits per heavy atom. The van der Waals surface area contributed by atoms with E-state index in [-0.39, 0.29) is 6.04 Å². The summed E-state index contributed by atoms with van der Waals surface area (Å²) < 4.78 is 10.5. The molecule has 1 atom stereocenters. The Morgan fingerprint density at radius 2 is 1.73 bits per heavy atom. The van der Waals surface area contributed by atoms with Crippen LogP contribution in [0.3, 0.4) is 0 Å². The van der Waals surface area contributed by atoms with E-state index in [4.69, 9.17) is 9.47 Å². The quantitative estimate of drug-likeness (QED) is 0.471. The van der Waals surface area contributed by atoms with Gasteiger partial charge in [0, 0.05) is 5.56 Å². The molecule has 0 aliphatic heterocycles. The van der Waals surface area contributed by atoms with Crippen molar-refractivity contribution in [2.24, 2.45) is 5.10 Å². The highest BCUT2D eigenvalue weighted by Crippen LogP contribution is 2.29. The molecule has 2 rings (SSSR count). The molecule has 2 aromatic carbocycles. The summed E-state index contributed by atoms with van der Waals surface area (Å²) in [5, 5.41) is 6.42. The van der Waals surface area contributed by atoms with E-state index in [0.29, 0.717) is 17.1 Å². The summed E-state index contributed by atoms with van der Waals surface area (Å²) in [6.07, 6.45) is 1.38. The fraction of sp³-hybridized carbons (Fsp3) is 0.211. The van der Waals surface area contributed by atoms with E-state index in [1.165, 1.54) is 20.4 Å². The number of para-hydroxylation sites is 1. The summed E-state index contributed by atoms with van der Waals surface area (Å²) in [7, 11) is 3.03. The topological polar surface area (TPSA) is 89.0 Å². The highest BCUT2D eigenvalue weighted by Gasteiger charge is 2.16. The molecule has 0 spiro atoms. The van der Waals surface area contributed by atoms with E-state index in [9.17, 15) is 9.59 Å². The molecule has 1 unspecified atom stereocenters. The Hall–Kier alpha value is -3.35. The average Bonchev–Trinajstić information content (AvgIpc) is 2.68. The lowest BCUT2D eigenvalue weighted by Gasteiger charge is -2.13. The van der Waals surface area contributed by atoms with E-state index in [1.54, 1.807) is 25.1 Å². The fourth-order valence-electron chi connectivity index (χ4n) is 2.31.